The van der Waals surface area contributed by atoms with Gasteiger partial charge in [-0.2, -0.15) is 5.26 Å². The van der Waals surface area contributed by atoms with Crippen LogP contribution >= 0.6 is 0 Å². The third kappa shape index (κ3) is 5.61. The largest absolute Gasteiger partial charge is 0.454 e. The van der Waals surface area contributed by atoms with E-state index in [1.54, 1.807) is 56.3 Å². The number of para-hydroxylation sites is 2. The van der Waals surface area contributed by atoms with Crippen LogP contribution < -0.4 is 10.1 Å². The molecular formula is C25H22F2N2O3. The van der Waals surface area contributed by atoms with E-state index in [9.17, 15) is 18.8 Å². The zero-order valence-corrected chi connectivity index (χ0v) is 17.6. The zero-order chi connectivity index (χ0) is 23.1. The predicted molar refractivity (Wildman–Crippen MR) is 116 cm³/mol. The molecule has 0 spiro atoms. The van der Waals surface area contributed by atoms with E-state index in [1.165, 1.54) is 24.3 Å². The molecule has 0 saturated heterocycles. The van der Waals surface area contributed by atoms with Gasteiger partial charge in [-0.3, -0.25) is 0 Å². The second kappa shape index (κ2) is 10.4. The number of carbonyl (C=O) groups excluding carboxylic acids is 1. The molecule has 0 heterocycles. The molecule has 3 rings (SSSR count). The lowest BCUT2D eigenvalue weighted by atomic mass is 10.0. The van der Waals surface area contributed by atoms with Crippen molar-refractivity contribution in [3.05, 3.63) is 90.0 Å². The summed E-state index contributed by atoms with van der Waals surface area (Å²) in [6, 6.07) is 19.4. The third-order valence-corrected chi connectivity index (χ3v) is 4.69. The van der Waals surface area contributed by atoms with Gasteiger partial charge < -0.3 is 14.8 Å². The van der Waals surface area contributed by atoms with Crippen LogP contribution in [-0.4, -0.2) is 12.0 Å². The van der Waals surface area contributed by atoms with Gasteiger partial charge in [-0.1, -0.05) is 50.2 Å². The van der Waals surface area contributed by atoms with Crippen LogP contribution in [-0.2, 0) is 9.53 Å². The SMILES string of the molecule is CC(C)C(Nc1ccccc1F)C(=O)OC(C#N)c1ccc(F)c(Oc2ccccc2)c1. The van der Waals surface area contributed by atoms with Crippen molar-refractivity contribution in [2.24, 2.45) is 5.92 Å². The molecule has 7 heteroatoms. The molecule has 2 atom stereocenters. The fourth-order valence-corrected chi connectivity index (χ4v) is 2.98. The number of ether oxygens (including phenoxy) is 2. The molecule has 5 nitrogen and oxygen atoms in total. The molecule has 0 saturated carbocycles. The molecule has 0 aliphatic heterocycles. The average Bonchev–Trinajstić information content (AvgIpc) is 2.78. The first-order chi connectivity index (χ1) is 15.4. The normalized spacial score (nSPS) is 12.5. The molecule has 164 valence electrons. The van der Waals surface area contributed by atoms with Gasteiger partial charge in [-0.05, 0) is 42.3 Å². The second-order valence-electron chi connectivity index (χ2n) is 7.40. The summed E-state index contributed by atoms with van der Waals surface area (Å²) >= 11 is 0. The topological polar surface area (TPSA) is 71.3 Å². The van der Waals surface area contributed by atoms with Gasteiger partial charge in [0.1, 0.15) is 23.7 Å². The molecular weight excluding hydrogens is 414 g/mol. The number of carbonyl (C=O) groups is 1. The van der Waals surface area contributed by atoms with Crippen LogP contribution in [0.4, 0.5) is 14.5 Å². The number of halogens is 2. The minimum Gasteiger partial charge on any atom is -0.454 e. The van der Waals surface area contributed by atoms with Crippen LogP contribution in [0.15, 0.2) is 72.8 Å². The number of anilines is 1. The first-order valence-electron chi connectivity index (χ1n) is 10.0. The van der Waals surface area contributed by atoms with Crippen molar-refractivity contribution in [2.45, 2.75) is 26.0 Å². The summed E-state index contributed by atoms with van der Waals surface area (Å²) in [5.41, 5.74) is 0.401. The van der Waals surface area contributed by atoms with Crippen LogP contribution in [0.3, 0.4) is 0 Å². The quantitative estimate of drug-likeness (QED) is 0.439. The summed E-state index contributed by atoms with van der Waals surface area (Å²) in [7, 11) is 0. The number of benzene rings is 3. The third-order valence-electron chi connectivity index (χ3n) is 4.69. The van der Waals surface area contributed by atoms with Crippen LogP contribution in [0.2, 0.25) is 0 Å². The van der Waals surface area contributed by atoms with E-state index in [0.717, 1.165) is 6.07 Å². The van der Waals surface area contributed by atoms with E-state index in [2.05, 4.69) is 5.32 Å². The van der Waals surface area contributed by atoms with Gasteiger partial charge in [0.05, 0.1) is 5.69 Å². The summed E-state index contributed by atoms with van der Waals surface area (Å²) in [5.74, 6) is -1.81. The fraction of sp³-hybridized carbons (Fsp3) is 0.200. The molecule has 0 radical (unpaired) electrons. The van der Waals surface area contributed by atoms with Crippen LogP contribution in [0.1, 0.15) is 25.5 Å². The summed E-state index contributed by atoms with van der Waals surface area (Å²) in [4.78, 5) is 12.8. The maximum absolute atomic E-state index is 14.2. The van der Waals surface area contributed by atoms with Crippen LogP contribution in [0.5, 0.6) is 11.5 Å². The molecule has 2 unspecified atom stereocenters. The Balaban J connectivity index is 1.79. The maximum atomic E-state index is 14.2. The number of hydrogen-bond donors (Lipinski definition) is 1. The predicted octanol–water partition coefficient (Wildman–Crippen LogP) is 6.00. The first-order valence-corrected chi connectivity index (χ1v) is 10.0. The first kappa shape index (κ1) is 22.8. The highest BCUT2D eigenvalue weighted by atomic mass is 19.1. The van der Waals surface area contributed by atoms with E-state index in [0.29, 0.717) is 5.75 Å². The van der Waals surface area contributed by atoms with Crippen molar-refractivity contribution in [1.82, 2.24) is 0 Å². The molecule has 0 fully saturated rings. The van der Waals surface area contributed by atoms with E-state index >= 15 is 0 Å². The number of hydrogen-bond acceptors (Lipinski definition) is 5. The molecule has 3 aromatic carbocycles. The van der Waals surface area contributed by atoms with Gasteiger partial charge >= 0.3 is 5.97 Å². The Kier molecular flexibility index (Phi) is 7.40. The van der Waals surface area contributed by atoms with E-state index in [1.807, 2.05) is 6.07 Å². The summed E-state index contributed by atoms with van der Waals surface area (Å²) in [6.07, 6.45) is -1.30. The minimum atomic E-state index is -1.30. The highest BCUT2D eigenvalue weighted by Crippen LogP contribution is 2.29. The monoisotopic (exact) mass is 436 g/mol. The van der Waals surface area contributed by atoms with Gasteiger partial charge in [0, 0.05) is 5.56 Å². The highest BCUT2D eigenvalue weighted by molar-refractivity contribution is 5.80. The van der Waals surface area contributed by atoms with Gasteiger partial charge in [-0.25, -0.2) is 13.6 Å². The highest BCUT2D eigenvalue weighted by Gasteiger charge is 2.28. The van der Waals surface area contributed by atoms with Gasteiger partial charge in [0.2, 0.25) is 6.10 Å². The lowest BCUT2D eigenvalue weighted by molar-refractivity contribution is -0.148. The van der Waals surface area contributed by atoms with Gasteiger partial charge in [-0.15, -0.1) is 0 Å². The van der Waals surface area contributed by atoms with Crippen molar-refractivity contribution in [2.75, 3.05) is 5.32 Å². The lowest BCUT2D eigenvalue weighted by Crippen LogP contribution is -2.37. The average molecular weight is 436 g/mol. The summed E-state index contributed by atoms with van der Waals surface area (Å²) < 4.78 is 39.2. The molecule has 0 aliphatic rings. The lowest BCUT2D eigenvalue weighted by Gasteiger charge is -2.23. The summed E-state index contributed by atoms with van der Waals surface area (Å²) in [6.45, 7) is 3.54. The van der Waals surface area contributed by atoms with E-state index in [4.69, 9.17) is 9.47 Å². The Bertz CT molecular complexity index is 1110. The number of nitriles is 1. The van der Waals surface area contributed by atoms with Crippen LogP contribution in [0, 0.1) is 28.9 Å². The maximum Gasteiger partial charge on any atom is 0.330 e. The summed E-state index contributed by atoms with van der Waals surface area (Å²) in [5, 5.41) is 12.4. The molecule has 3 aromatic rings. The van der Waals surface area contributed by atoms with Crippen molar-refractivity contribution < 1.29 is 23.0 Å². The Labute approximate surface area is 185 Å². The smallest absolute Gasteiger partial charge is 0.330 e. The van der Waals surface area contributed by atoms with Crippen molar-refractivity contribution in [3.63, 3.8) is 0 Å². The number of rotatable bonds is 8. The van der Waals surface area contributed by atoms with Gasteiger partial charge in [0.15, 0.2) is 11.6 Å². The molecule has 1 N–H and O–H groups in total. The van der Waals surface area contributed by atoms with E-state index in [-0.39, 0.29) is 22.9 Å². The standard InChI is InChI=1S/C25H22F2N2O3/c1-16(2)24(29-21-11-7-6-10-19(21)26)25(30)32-23(15-28)17-12-13-20(27)22(14-17)31-18-8-4-3-5-9-18/h3-14,16,23-24,29H,1-2H3. The Morgan fingerprint density at radius 1 is 0.969 bits per heavy atom. The number of esters is 1. The van der Waals surface area contributed by atoms with Crippen molar-refractivity contribution in [3.8, 4) is 17.6 Å². The molecule has 0 aliphatic carbocycles. The fourth-order valence-electron chi connectivity index (χ4n) is 2.98. The van der Waals surface area contributed by atoms with E-state index < -0.39 is 29.7 Å². The van der Waals surface area contributed by atoms with Crippen molar-refractivity contribution >= 4 is 11.7 Å². The minimum absolute atomic E-state index is 0.102. The zero-order valence-electron chi connectivity index (χ0n) is 17.6. The van der Waals surface area contributed by atoms with Crippen LogP contribution in [0.25, 0.3) is 0 Å². The Hall–Kier alpha value is -3.92. The molecule has 0 bridgehead atoms. The Morgan fingerprint density at radius 3 is 2.31 bits per heavy atom. The second-order valence-corrected chi connectivity index (χ2v) is 7.40. The Morgan fingerprint density at radius 2 is 1.66 bits per heavy atom. The van der Waals surface area contributed by atoms with Crippen molar-refractivity contribution in [1.29, 1.82) is 5.26 Å². The molecule has 0 amide bonds. The molecule has 0 aromatic heterocycles. The number of nitrogens with zero attached hydrogens (tertiary/aromatic N) is 1. The molecule has 32 heavy (non-hydrogen) atoms. The number of nitrogens with one attached hydrogen (secondary N) is 1. The van der Waals surface area contributed by atoms with Gasteiger partial charge in [0.25, 0.3) is 0 Å².